The highest BCUT2D eigenvalue weighted by Gasteiger charge is 2.55. The van der Waals surface area contributed by atoms with E-state index in [0.717, 1.165) is 61.1 Å². The van der Waals surface area contributed by atoms with Crippen molar-refractivity contribution in [3.05, 3.63) is 128 Å². The van der Waals surface area contributed by atoms with E-state index >= 15 is 8.78 Å². The summed E-state index contributed by atoms with van der Waals surface area (Å²) in [5.41, 5.74) is 0.949. The molecule has 10 rings (SSSR count). The minimum absolute atomic E-state index is 0.0314. The molecular weight excluding hydrogens is 912 g/mol. The van der Waals surface area contributed by atoms with Crippen molar-refractivity contribution in [3.8, 4) is 11.5 Å². The smallest absolute Gasteiger partial charge is 0.216 e. The normalized spacial score (nSPS) is 28.1. The summed E-state index contributed by atoms with van der Waals surface area (Å²) in [7, 11) is -6.84. The SMILES string of the molecule is O=S(=O)([C@@H]1CC[C@@]2(Cc3ccc(Cl)cc3)c3c(F)ccc(F)c3OC[C@H]2C1)N1CCCC1.O=S(=O)([C@H]1CC[C@@]2(Cc3ccc(Cl)cc3)c3c(F)ccc(F)c3OC[C@H]2C1)N1CCCC1. The number of hydrogen-bond acceptors (Lipinski definition) is 6. The van der Waals surface area contributed by atoms with Gasteiger partial charge in [-0.15, -0.1) is 0 Å². The first-order valence-corrected chi connectivity index (χ1v) is 26.1. The molecule has 0 radical (unpaired) electrons. The van der Waals surface area contributed by atoms with E-state index in [1.807, 2.05) is 24.3 Å². The highest BCUT2D eigenvalue weighted by molar-refractivity contribution is 7.90. The number of hydrogen-bond donors (Lipinski definition) is 0. The molecule has 0 bridgehead atoms. The Hall–Kier alpha value is -3.40. The van der Waals surface area contributed by atoms with Gasteiger partial charge in [0, 0.05) is 70.0 Å². The van der Waals surface area contributed by atoms with Crippen LogP contribution in [0.2, 0.25) is 10.0 Å². The average molecular weight is 964 g/mol. The van der Waals surface area contributed by atoms with E-state index in [0.29, 0.717) is 87.6 Å². The second kappa shape index (κ2) is 18.0. The lowest BCUT2D eigenvalue weighted by Crippen LogP contribution is -2.52. The van der Waals surface area contributed by atoms with Crippen LogP contribution in [0.1, 0.15) is 86.5 Å². The van der Waals surface area contributed by atoms with Gasteiger partial charge < -0.3 is 9.47 Å². The summed E-state index contributed by atoms with van der Waals surface area (Å²) in [5.74, 6) is -2.70. The lowest BCUT2D eigenvalue weighted by molar-refractivity contribution is 0.0789. The highest BCUT2D eigenvalue weighted by atomic mass is 35.5. The van der Waals surface area contributed by atoms with Gasteiger partial charge >= 0.3 is 0 Å². The Bertz CT molecular complexity index is 2420. The molecule has 0 amide bonds. The summed E-state index contributed by atoms with van der Waals surface area (Å²) in [5, 5.41) is 0.164. The number of halogens is 6. The summed E-state index contributed by atoms with van der Waals surface area (Å²) in [6.07, 6.45) is 6.98. The molecular formula is C48H52Cl2F4N2O6S2. The predicted molar refractivity (Wildman–Crippen MR) is 239 cm³/mol. The number of benzene rings is 4. The second-order valence-electron chi connectivity index (χ2n) is 18.5. The molecule has 8 nitrogen and oxygen atoms in total. The third-order valence-electron chi connectivity index (χ3n) is 15.0. The van der Waals surface area contributed by atoms with E-state index in [4.69, 9.17) is 32.7 Å². The molecule has 0 spiro atoms. The van der Waals surface area contributed by atoms with Crippen LogP contribution in [-0.2, 0) is 43.7 Å². The van der Waals surface area contributed by atoms with Crippen molar-refractivity contribution in [2.45, 2.75) is 98.4 Å². The molecule has 4 aliphatic heterocycles. The van der Waals surface area contributed by atoms with E-state index in [1.165, 1.54) is 0 Å². The zero-order valence-corrected chi connectivity index (χ0v) is 38.5. The third-order valence-corrected chi connectivity index (χ3v) is 20.2. The van der Waals surface area contributed by atoms with Crippen LogP contribution < -0.4 is 9.47 Å². The molecule has 4 fully saturated rings. The topological polar surface area (TPSA) is 93.2 Å². The van der Waals surface area contributed by atoms with Crippen LogP contribution in [0.25, 0.3) is 0 Å². The van der Waals surface area contributed by atoms with Crippen LogP contribution in [0.5, 0.6) is 11.5 Å². The van der Waals surface area contributed by atoms with Crippen molar-refractivity contribution < 1.29 is 43.9 Å². The van der Waals surface area contributed by atoms with Gasteiger partial charge in [-0.3, -0.25) is 0 Å². The lowest BCUT2D eigenvalue weighted by Gasteiger charge is -2.50. The standard InChI is InChI=1S/2C24H26ClF2NO3S/c2*25-18-5-3-16(4-6-18)14-24-10-9-19(32(29,30)28-11-1-2-12-28)13-17(24)15-31-23-21(27)8-7-20(26)22(23)24/h2*3-8,17,19H,1-2,9-15H2/t17-,19+,24+;17-,19-,24+/m11/s1. The maximum atomic E-state index is 15.2. The van der Waals surface area contributed by atoms with Crippen molar-refractivity contribution in [2.75, 3.05) is 39.4 Å². The minimum atomic E-state index is -3.42. The molecule has 6 aliphatic rings. The number of fused-ring (bicyclic) bond motifs is 6. The summed E-state index contributed by atoms with van der Waals surface area (Å²) in [6, 6.07) is 19.2. The number of ether oxygens (including phenoxy) is 2. The molecule has 4 aromatic rings. The van der Waals surface area contributed by atoms with Crippen LogP contribution in [-0.4, -0.2) is 75.3 Å². The number of rotatable bonds is 8. The van der Waals surface area contributed by atoms with Crippen LogP contribution in [0.3, 0.4) is 0 Å². The Kier molecular flexibility index (Phi) is 12.9. The van der Waals surface area contributed by atoms with Gasteiger partial charge in [0.2, 0.25) is 20.0 Å². The van der Waals surface area contributed by atoms with Crippen LogP contribution in [0.4, 0.5) is 17.6 Å². The van der Waals surface area contributed by atoms with Gasteiger partial charge in [-0.05, 0) is 137 Å². The monoisotopic (exact) mass is 962 g/mol. The average Bonchev–Trinajstić information content (AvgIpc) is 4.05. The van der Waals surface area contributed by atoms with Gasteiger partial charge in [-0.1, -0.05) is 47.5 Å². The summed E-state index contributed by atoms with van der Waals surface area (Å²) in [6.45, 7) is 2.62. The summed E-state index contributed by atoms with van der Waals surface area (Å²) >= 11 is 12.1. The third kappa shape index (κ3) is 8.35. The maximum absolute atomic E-state index is 15.2. The van der Waals surface area contributed by atoms with E-state index in [2.05, 4.69) is 0 Å². The Morgan fingerprint density at radius 3 is 1.23 bits per heavy atom. The van der Waals surface area contributed by atoms with E-state index in [-0.39, 0.29) is 47.7 Å². The van der Waals surface area contributed by atoms with Crippen LogP contribution in [0, 0.1) is 35.1 Å². The molecule has 4 aromatic carbocycles. The van der Waals surface area contributed by atoms with Crippen molar-refractivity contribution >= 4 is 43.2 Å². The molecule has 2 saturated heterocycles. The molecule has 2 saturated carbocycles. The molecule has 4 heterocycles. The first kappa shape index (κ1) is 45.7. The molecule has 0 aromatic heterocycles. The molecule has 0 N–H and O–H groups in total. The van der Waals surface area contributed by atoms with Crippen LogP contribution in [0.15, 0.2) is 72.8 Å². The largest absolute Gasteiger partial charge is 0.490 e. The second-order valence-corrected chi connectivity index (χ2v) is 23.8. The fourth-order valence-corrected chi connectivity index (χ4v) is 16.2. The summed E-state index contributed by atoms with van der Waals surface area (Å²) < 4.78 is 127. The molecule has 344 valence electrons. The Balaban J connectivity index is 0.000000162. The fraction of sp³-hybridized carbons (Fsp3) is 0.500. The Labute approximate surface area is 383 Å². The zero-order valence-electron chi connectivity index (χ0n) is 35.4. The molecule has 2 aliphatic carbocycles. The number of nitrogens with zero attached hydrogens (tertiary/aromatic N) is 2. The number of sulfonamides is 2. The molecule has 0 unspecified atom stereocenters. The fourth-order valence-electron chi connectivity index (χ4n) is 11.7. The maximum Gasteiger partial charge on any atom is 0.216 e. The molecule has 6 atom stereocenters. The highest BCUT2D eigenvalue weighted by Crippen LogP contribution is 2.56. The van der Waals surface area contributed by atoms with E-state index in [9.17, 15) is 25.6 Å². The van der Waals surface area contributed by atoms with Gasteiger partial charge in [-0.25, -0.2) is 43.0 Å². The molecule has 16 heteroatoms. The first-order chi connectivity index (χ1) is 30.6. The van der Waals surface area contributed by atoms with E-state index < -0.39 is 64.6 Å². The van der Waals surface area contributed by atoms with Crippen molar-refractivity contribution in [1.29, 1.82) is 0 Å². The zero-order chi connectivity index (χ0) is 45.0. The van der Waals surface area contributed by atoms with E-state index in [1.54, 1.807) is 32.9 Å². The van der Waals surface area contributed by atoms with Gasteiger partial charge in [-0.2, -0.15) is 0 Å². The predicted octanol–water partition coefficient (Wildman–Crippen LogP) is 10.2. The van der Waals surface area contributed by atoms with Crippen molar-refractivity contribution in [1.82, 2.24) is 8.61 Å². The minimum Gasteiger partial charge on any atom is -0.490 e. The van der Waals surface area contributed by atoms with Gasteiger partial charge in [0.25, 0.3) is 0 Å². The lowest BCUT2D eigenvalue weighted by atomic mass is 9.58. The summed E-state index contributed by atoms with van der Waals surface area (Å²) in [4.78, 5) is 0. The quantitative estimate of drug-likeness (QED) is 0.163. The van der Waals surface area contributed by atoms with Gasteiger partial charge in [0.05, 0.1) is 23.7 Å². The van der Waals surface area contributed by atoms with Gasteiger partial charge in [0.15, 0.2) is 23.1 Å². The van der Waals surface area contributed by atoms with Crippen LogP contribution >= 0.6 is 23.2 Å². The first-order valence-electron chi connectivity index (χ1n) is 22.3. The van der Waals surface area contributed by atoms with Crippen molar-refractivity contribution in [3.63, 3.8) is 0 Å². The Morgan fingerprint density at radius 1 is 0.531 bits per heavy atom. The van der Waals surface area contributed by atoms with Crippen molar-refractivity contribution in [2.24, 2.45) is 11.8 Å². The van der Waals surface area contributed by atoms with Gasteiger partial charge in [0.1, 0.15) is 11.6 Å². The Morgan fingerprint density at radius 2 is 0.875 bits per heavy atom. The molecule has 64 heavy (non-hydrogen) atoms.